The van der Waals surface area contributed by atoms with Crippen LogP contribution in [0.4, 0.5) is 0 Å². The van der Waals surface area contributed by atoms with E-state index in [2.05, 4.69) is 30.7 Å². The zero-order valence-corrected chi connectivity index (χ0v) is 12.4. The van der Waals surface area contributed by atoms with E-state index in [-0.39, 0.29) is 5.41 Å². The molecule has 0 atom stereocenters. The second kappa shape index (κ2) is 4.53. The molecule has 0 aliphatic heterocycles. The lowest BCUT2D eigenvalue weighted by molar-refractivity contribution is 0.453. The molecule has 0 spiro atoms. The Morgan fingerprint density at radius 2 is 2.00 bits per heavy atom. The van der Waals surface area contributed by atoms with Crippen molar-refractivity contribution in [3.63, 3.8) is 0 Å². The zero-order chi connectivity index (χ0) is 13.6. The molecule has 0 amide bonds. The van der Waals surface area contributed by atoms with Gasteiger partial charge in [0.25, 0.3) is 0 Å². The Labute approximate surface area is 119 Å². The predicted molar refractivity (Wildman–Crippen MR) is 81.9 cm³/mol. The number of halogens is 1. The normalized spacial score (nSPS) is 18.3. The monoisotopic (exact) mass is 276 g/mol. The van der Waals surface area contributed by atoms with Crippen LogP contribution in [-0.4, -0.2) is 11.1 Å². The van der Waals surface area contributed by atoms with Gasteiger partial charge in [-0.2, -0.15) is 0 Å². The van der Waals surface area contributed by atoms with Gasteiger partial charge >= 0.3 is 0 Å². The van der Waals surface area contributed by atoms with Crippen LogP contribution in [0.5, 0.6) is 0 Å². The first-order chi connectivity index (χ1) is 9.09. The highest BCUT2D eigenvalue weighted by atomic mass is 35.5. The molecule has 1 aliphatic rings. The smallest absolute Gasteiger partial charge is 0.0497 e. The van der Waals surface area contributed by atoms with Crippen LogP contribution in [0.3, 0.4) is 0 Å². The fraction of sp³-hybridized carbons (Fsp3) is 0.500. The first-order valence-electron chi connectivity index (χ1n) is 7.04. The van der Waals surface area contributed by atoms with Crippen LogP contribution < -0.4 is 5.73 Å². The van der Waals surface area contributed by atoms with Crippen LogP contribution in [0.15, 0.2) is 18.2 Å². The third kappa shape index (κ3) is 1.81. The lowest BCUT2D eigenvalue weighted by atomic mass is 9.77. The van der Waals surface area contributed by atoms with Crippen LogP contribution in [0.25, 0.3) is 10.9 Å². The summed E-state index contributed by atoms with van der Waals surface area (Å²) in [6, 6.07) is 6.22. The van der Waals surface area contributed by atoms with Gasteiger partial charge in [0.1, 0.15) is 0 Å². The average molecular weight is 277 g/mol. The topological polar surface area (TPSA) is 30.9 Å². The van der Waals surface area contributed by atoms with Gasteiger partial charge in [0.2, 0.25) is 0 Å². The second-order valence-electron chi connectivity index (χ2n) is 5.87. The van der Waals surface area contributed by atoms with Crippen LogP contribution in [-0.2, 0) is 12.5 Å². The molecule has 0 radical (unpaired) electrons. The maximum Gasteiger partial charge on any atom is 0.0497 e. The van der Waals surface area contributed by atoms with Crippen molar-refractivity contribution in [1.29, 1.82) is 0 Å². The molecule has 0 unspecified atom stereocenters. The molecule has 1 aliphatic carbocycles. The summed E-state index contributed by atoms with van der Waals surface area (Å²) in [6.07, 6.45) is 5.01. The van der Waals surface area contributed by atoms with E-state index in [0.717, 1.165) is 11.6 Å². The standard InChI is InChI=1S/C16H21ClN2/c1-11-15(16(10-18)7-3-4-8-16)13-6-5-12(17)9-14(13)19(11)2/h5-6,9H,3-4,7-8,10,18H2,1-2H3. The lowest BCUT2D eigenvalue weighted by Gasteiger charge is -2.28. The van der Waals surface area contributed by atoms with E-state index in [1.165, 1.54) is 47.8 Å². The molecule has 1 fully saturated rings. The number of rotatable bonds is 2. The molecule has 1 aromatic carbocycles. The van der Waals surface area contributed by atoms with Crippen molar-refractivity contribution in [2.24, 2.45) is 12.8 Å². The van der Waals surface area contributed by atoms with Crippen molar-refractivity contribution in [2.45, 2.75) is 38.0 Å². The van der Waals surface area contributed by atoms with Gasteiger partial charge in [0, 0.05) is 40.6 Å². The average Bonchev–Trinajstić information content (AvgIpc) is 2.97. The quantitative estimate of drug-likeness (QED) is 0.886. The fourth-order valence-electron chi connectivity index (χ4n) is 3.81. The summed E-state index contributed by atoms with van der Waals surface area (Å²) in [4.78, 5) is 0. The van der Waals surface area contributed by atoms with Crippen LogP contribution in [0.1, 0.15) is 36.9 Å². The van der Waals surface area contributed by atoms with Crippen molar-refractivity contribution < 1.29 is 0 Å². The van der Waals surface area contributed by atoms with Gasteiger partial charge in [-0.25, -0.2) is 0 Å². The van der Waals surface area contributed by atoms with E-state index >= 15 is 0 Å². The van der Waals surface area contributed by atoms with Gasteiger partial charge in [-0.05, 0) is 37.5 Å². The van der Waals surface area contributed by atoms with E-state index in [0.29, 0.717) is 0 Å². The minimum absolute atomic E-state index is 0.178. The molecular weight excluding hydrogens is 256 g/mol. The molecule has 2 aromatic rings. The van der Waals surface area contributed by atoms with Gasteiger partial charge in [0.15, 0.2) is 0 Å². The third-order valence-electron chi connectivity index (χ3n) is 4.94. The van der Waals surface area contributed by atoms with Gasteiger partial charge in [-0.1, -0.05) is 30.5 Å². The Balaban J connectivity index is 2.31. The summed E-state index contributed by atoms with van der Waals surface area (Å²) in [6.45, 7) is 2.95. The number of nitrogens with two attached hydrogens (primary N) is 1. The summed E-state index contributed by atoms with van der Waals surface area (Å²) < 4.78 is 2.26. The third-order valence-corrected chi connectivity index (χ3v) is 5.17. The van der Waals surface area contributed by atoms with Crippen LogP contribution >= 0.6 is 11.6 Å². The number of nitrogens with zero attached hydrogens (tertiary/aromatic N) is 1. The van der Waals surface area contributed by atoms with Gasteiger partial charge in [-0.3, -0.25) is 0 Å². The molecule has 1 saturated carbocycles. The summed E-state index contributed by atoms with van der Waals surface area (Å²) in [5.41, 5.74) is 10.4. The van der Waals surface area contributed by atoms with Crippen molar-refractivity contribution in [1.82, 2.24) is 4.57 Å². The minimum atomic E-state index is 0.178. The minimum Gasteiger partial charge on any atom is -0.348 e. The first-order valence-corrected chi connectivity index (χ1v) is 7.42. The molecule has 3 rings (SSSR count). The van der Waals surface area contributed by atoms with Crippen molar-refractivity contribution in [3.8, 4) is 0 Å². The number of aryl methyl sites for hydroxylation is 1. The second-order valence-corrected chi connectivity index (χ2v) is 6.31. The Kier molecular flexibility index (Phi) is 3.11. The van der Waals surface area contributed by atoms with Gasteiger partial charge < -0.3 is 10.3 Å². The molecule has 2 N–H and O–H groups in total. The number of fused-ring (bicyclic) bond motifs is 1. The number of hydrogen-bond acceptors (Lipinski definition) is 1. The summed E-state index contributed by atoms with van der Waals surface area (Å²) >= 11 is 6.14. The molecule has 0 bridgehead atoms. The molecular formula is C16H21ClN2. The van der Waals surface area contributed by atoms with E-state index in [1.807, 2.05) is 6.07 Å². The maximum absolute atomic E-state index is 6.16. The molecule has 1 heterocycles. The zero-order valence-electron chi connectivity index (χ0n) is 11.7. The first kappa shape index (κ1) is 13.0. The van der Waals surface area contributed by atoms with Gasteiger partial charge in [-0.15, -0.1) is 0 Å². The van der Waals surface area contributed by atoms with E-state index in [1.54, 1.807) is 0 Å². The van der Waals surface area contributed by atoms with Gasteiger partial charge in [0.05, 0.1) is 0 Å². The highest BCUT2D eigenvalue weighted by molar-refractivity contribution is 6.31. The summed E-state index contributed by atoms with van der Waals surface area (Å²) in [5, 5.41) is 2.13. The Hall–Kier alpha value is -0.990. The van der Waals surface area contributed by atoms with Crippen molar-refractivity contribution in [3.05, 3.63) is 34.5 Å². The highest BCUT2D eigenvalue weighted by Gasteiger charge is 2.38. The SMILES string of the molecule is Cc1c(C2(CN)CCCC2)c2ccc(Cl)cc2n1C. The van der Waals surface area contributed by atoms with Crippen LogP contribution in [0, 0.1) is 6.92 Å². The maximum atomic E-state index is 6.16. The number of benzene rings is 1. The fourth-order valence-corrected chi connectivity index (χ4v) is 3.98. The summed E-state index contributed by atoms with van der Waals surface area (Å²) in [7, 11) is 2.12. The molecule has 19 heavy (non-hydrogen) atoms. The molecule has 1 aromatic heterocycles. The molecule has 102 valence electrons. The van der Waals surface area contributed by atoms with E-state index in [4.69, 9.17) is 17.3 Å². The Bertz CT molecular complexity index is 621. The number of aromatic nitrogens is 1. The molecule has 2 nitrogen and oxygen atoms in total. The predicted octanol–water partition coefficient (Wildman–Crippen LogP) is 3.91. The highest BCUT2D eigenvalue weighted by Crippen LogP contribution is 2.45. The molecule has 0 saturated heterocycles. The molecule has 3 heteroatoms. The summed E-state index contributed by atoms with van der Waals surface area (Å²) in [5.74, 6) is 0. The van der Waals surface area contributed by atoms with E-state index in [9.17, 15) is 0 Å². The number of hydrogen-bond donors (Lipinski definition) is 1. The van der Waals surface area contributed by atoms with Crippen molar-refractivity contribution >= 4 is 22.5 Å². The van der Waals surface area contributed by atoms with Crippen LogP contribution in [0.2, 0.25) is 5.02 Å². The van der Waals surface area contributed by atoms with Crippen molar-refractivity contribution in [2.75, 3.05) is 6.54 Å². The Morgan fingerprint density at radius 1 is 1.32 bits per heavy atom. The largest absolute Gasteiger partial charge is 0.348 e. The Morgan fingerprint density at radius 3 is 2.63 bits per heavy atom. The van der Waals surface area contributed by atoms with E-state index < -0.39 is 0 Å². The lowest BCUT2D eigenvalue weighted by Crippen LogP contribution is -2.32.